The first kappa shape index (κ1) is 12.7. The molecule has 2 amide bonds. The Balaban J connectivity index is 2.40. The summed E-state index contributed by atoms with van der Waals surface area (Å²) in [5, 5.41) is 6.50. The molecule has 0 atom stereocenters. The number of rotatable bonds is 1. The van der Waals surface area contributed by atoms with Crippen molar-refractivity contribution in [1.29, 1.82) is 0 Å². The number of hydrogen-bond acceptors (Lipinski definition) is 3. The van der Waals surface area contributed by atoms with Gasteiger partial charge in [0, 0.05) is 11.3 Å². The van der Waals surface area contributed by atoms with Crippen molar-refractivity contribution in [3.8, 4) is 0 Å². The third-order valence-corrected chi connectivity index (χ3v) is 2.19. The zero-order valence-electron chi connectivity index (χ0n) is 10.1. The van der Waals surface area contributed by atoms with Gasteiger partial charge in [0.1, 0.15) is 0 Å². The summed E-state index contributed by atoms with van der Waals surface area (Å²) >= 11 is 0. The predicted octanol–water partition coefficient (Wildman–Crippen LogP) is 0.947. The minimum atomic E-state index is -0.700. The van der Waals surface area contributed by atoms with Crippen LogP contribution in [0.4, 0.5) is 0 Å². The van der Waals surface area contributed by atoms with E-state index < -0.39 is 17.4 Å². The molecule has 1 rings (SSSR count). The SMILES string of the molecule is CC(C)(C)NC(=O)C(=O)NN=C1CCCC1. The molecule has 0 aliphatic heterocycles. The van der Waals surface area contributed by atoms with Gasteiger partial charge in [0.2, 0.25) is 0 Å². The summed E-state index contributed by atoms with van der Waals surface area (Å²) in [4.78, 5) is 22.7. The Morgan fingerprint density at radius 1 is 1.12 bits per heavy atom. The lowest BCUT2D eigenvalue weighted by Gasteiger charge is -2.19. The molecule has 0 aromatic heterocycles. The highest BCUT2D eigenvalue weighted by Crippen LogP contribution is 2.13. The Morgan fingerprint density at radius 3 is 2.19 bits per heavy atom. The Hall–Kier alpha value is -1.39. The van der Waals surface area contributed by atoms with Gasteiger partial charge in [0.25, 0.3) is 0 Å². The van der Waals surface area contributed by atoms with Gasteiger partial charge in [-0.25, -0.2) is 5.43 Å². The quantitative estimate of drug-likeness (QED) is 0.515. The van der Waals surface area contributed by atoms with Crippen LogP contribution in [0.25, 0.3) is 0 Å². The van der Waals surface area contributed by atoms with E-state index in [0.717, 1.165) is 31.4 Å². The van der Waals surface area contributed by atoms with E-state index in [9.17, 15) is 9.59 Å². The first-order valence-electron chi connectivity index (χ1n) is 5.56. The van der Waals surface area contributed by atoms with E-state index in [4.69, 9.17) is 0 Å². The normalized spacial score (nSPS) is 15.8. The molecule has 16 heavy (non-hydrogen) atoms. The predicted molar refractivity (Wildman–Crippen MR) is 61.9 cm³/mol. The van der Waals surface area contributed by atoms with Crippen LogP contribution in [0.5, 0.6) is 0 Å². The summed E-state index contributed by atoms with van der Waals surface area (Å²) < 4.78 is 0. The number of amides is 2. The highest BCUT2D eigenvalue weighted by atomic mass is 16.2. The molecule has 0 aromatic carbocycles. The maximum absolute atomic E-state index is 11.4. The van der Waals surface area contributed by atoms with Crippen molar-refractivity contribution in [2.75, 3.05) is 0 Å². The van der Waals surface area contributed by atoms with Crippen molar-refractivity contribution in [2.24, 2.45) is 5.10 Å². The molecule has 0 unspecified atom stereocenters. The van der Waals surface area contributed by atoms with Crippen LogP contribution in [0, 0.1) is 0 Å². The molecule has 0 bridgehead atoms. The molecule has 1 fully saturated rings. The van der Waals surface area contributed by atoms with Crippen molar-refractivity contribution in [1.82, 2.24) is 10.7 Å². The second-order valence-electron chi connectivity index (χ2n) is 5.03. The fraction of sp³-hybridized carbons (Fsp3) is 0.727. The van der Waals surface area contributed by atoms with Crippen LogP contribution in [0.15, 0.2) is 5.10 Å². The smallest absolute Gasteiger partial charge is 0.329 e. The minimum absolute atomic E-state index is 0.408. The molecule has 1 aliphatic carbocycles. The number of nitrogens with zero attached hydrogens (tertiary/aromatic N) is 1. The van der Waals surface area contributed by atoms with E-state index in [2.05, 4.69) is 15.8 Å². The van der Waals surface area contributed by atoms with Crippen molar-refractivity contribution in [3.63, 3.8) is 0 Å². The number of hydrogen-bond donors (Lipinski definition) is 2. The Labute approximate surface area is 95.7 Å². The van der Waals surface area contributed by atoms with E-state index in [1.807, 2.05) is 20.8 Å². The van der Waals surface area contributed by atoms with Crippen LogP contribution in [0.1, 0.15) is 46.5 Å². The summed E-state index contributed by atoms with van der Waals surface area (Å²) in [7, 11) is 0. The standard InChI is InChI=1S/C11H19N3O2/c1-11(2,3)12-9(15)10(16)14-13-8-6-4-5-7-8/h4-7H2,1-3H3,(H,12,15)(H,14,16). The maximum Gasteiger partial charge on any atom is 0.329 e. The Bertz CT molecular complexity index is 308. The monoisotopic (exact) mass is 225 g/mol. The van der Waals surface area contributed by atoms with Crippen LogP contribution in [-0.4, -0.2) is 23.1 Å². The van der Waals surface area contributed by atoms with Gasteiger partial charge in [0.05, 0.1) is 0 Å². The van der Waals surface area contributed by atoms with E-state index >= 15 is 0 Å². The third-order valence-electron chi connectivity index (χ3n) is 2.19. The van der Waals surface area contributed by atoms with Crippen LogP contribution in [0.2, 0.25) is 0 Å². The van der Waals surface area contributed by atoms with Gasteiger partial charge < -0.3 is 5.32 Å². The van der Waals surface area contributed by atoms with Crippen LogP contribution in [0.3, 0.4) is 0 Å². The van der Waals surface area contributed by atoms with Gasteiger partial charge in [-0.05, 0) is 46.5 Å². The zero-order valence-corrected chi connectivity index (χ0v) is 10.1. The van der Waals surface area contributed by atoms with E-state index in [0.29, 0.717) is 0 Å². The highest BCUT2D eigenvalue weighted by Gasteiger charge is 2.20. The Morgan fingerprint density at radius 2 is 1.69 bits per heavy atom. The number of carbonyl (C=O) groups excluding carboxylic acids is 2. The fourth-order valence-electron chi connectivity index (χ4n) is 1.47. The summed E-state index contributed by atoms with van der Waals surface area (Å²) in [6.07, 6.45) is 4.06. The molecule has 5 nitrogen and oxygen atoms in total. The fourth-order valence-corrected chi connectivity index (χ4v) is 1.47. The summed E-state index contributed by atoms with van der Waals surface area (Å²) in [5.41, 5.74) is 2.85. The van der Waals surface area contributed by atoms with Gasteiger partial charge in [0.15, 0.2) is 0 Å². The summed E-state index contributed by atoms with van der Waals surface area (Å²) in [5.74, 6) is -1.34. The second kappa shape index (κ2) is 5.09. The van der Waals surface area contributed by atoms with Crippen molar-refractivity contribution in [2.45, 2.75) is 52.0 Å². The molecule has 0 aromatic rings. The van der Waals surface area contributed by atoms with E-state index in [-0.39, 0.29) is 0 Å². The lowest BCUT2D eigenvalue weighted by atomic mass is 10.1. The van der Waals surface area contributed by atoms with Crippen LogP contribution < -0.4 is 10.7 Å². The van der Waals surface area contributed by atoms with Crippen molar-refractivity contribution in [3.05, 3.63) is 0 Å². The first-order chi connectivity index (χ1) is 7.38. The summed E-state index contributed by atoms with van der Waals surface area (Å²) in [6, 6.07) is 0. The van der Waals surface area contributed by atoms with Gasteiger partial charge in [-0.3, -0.25) is 9.59 Å². The Kier molecular flexibility index (Phi) is 4.04. The van der Waals surface area contributed by atoms with Crippen LogP contribution >= 0.6 is 0 Å². The number of carbonyl (C=O) groups is 2. The number of nitrogens with one attached hydrogen (secondary N) is 2. The van der Waals surface area contributed by atoms with E-state index in [1.54, 1.807) is 0 Å². The zero-order chi connectivity index (χ0) is 12.2. The molecule has 0 heterocycles. The molecule has 1 saturated carbocycles. The van der Waals surface area contributed by atoms with Gasteiger partial charge in [-0.1, -0.05) is 0 Å². The molecular formula is C11H19N3O2. The maximum atomic E-state index is 11.4. The van der Waals surface area contributed by atoms with Crippen LogP contribution in [-0.2, 0) is 9.59 Å². The van der Waals surface area contributed by atoms with Crippen molar-refractivity contribution >= 4 is 17.5 Å². The molecule has 1 aliphatic rings. The average Bonchev–Trinajstić information content (AvgIpc) is 2.63. The van der Waals surface area contributed by atoms with Crippen molar-refractivity contribution < 1.29 is 9.59 Å². The average molecular weight is 225 g/mol. The number of hydrazone groups is 1. The first-order valence-corrected chi connectivity index (χ1v) is 5.56. The minimum Gasteiger partial charge on any atom is -0.343 e. The third kappa shape index (κ3) is 4.42. The summed E-state index contributed by atoms with van der Waals surface area (Å²) in [6.45, 7) is 5.46. The molecule has 0 saturated heterocycles. The molecule has 0 spiro atoms. The topological polar surface area (TPSA) is 70.6 Å². The molecule has 0 radical (unpaired) electrons. The largest absolute Gasteiger partial charge is 0.343 e. The van der Waals surface area contributed by atoms with E-state index in [1.165, 1.54) is 0 Å². The molecule has 90 valence electrons. The van der Waals surface area contributed by atoms with Gasteiger partial charge in [-0.2, -0.15) is 5.10 Å². The lowest BCUT2D eigenvalue weighted by Crippen LogP contribution is -2.47. The molecule has 2 N–H and O–H groups in total. The van der Waals surface area contributed by atoms with Gasteiger partial charge >= 0.3 is 11.8 Å². The van der Waals surface area contributed by atoms with Gasteiger partial charge in [-0.15, -0.1) is 0 Å². The molecule has 5 heteroatoms. The highest BCUT2D eigenvalue weighted by molar-refractivity contribution is 6.35. The lowest BCUT2D eigenvalue weighted by molar-refractivity contribution is -0.140. The second-order valence-corrected chi connectivity index (χ2v) is 5.03. The molecular weight excluding hydrogens is 206 g/mol.